The van der Waals surface area contributed by atoms with Gasteiger partial charge in [-0.3, -0.25) is 14.8 Å². The molecule has 0 atom stereocenters. The first-order valence-corrected chi connectivity index (χ1v) is 7.39. The number of nitrogens with two attached hydrogens (primary N) is 1. The van der Waals surface area contributed by atoms with Crippen LogP contribution >= 0.6 is 0 Å². The number of benzene rings is 2. The number of nitrogens with zero attached hydrogens (tertiary/aromatic N) is 2. The summed E-state index contributed by atoms with van der Waals surface area (Å²) < 4.78 is 26.6. The SMILES string of the molecule is N#Cc1ccc(S(=O)(=O)Nc2ccc(N)c([N+](=O)[O-])c2)cc1. The molecule has 0 heterocycles. The second kappa shape index (κ2) is 5.71. The highest BCUT2D eigenvalue weighted by molar-refractivity contribution is 7.92. The van der Waals surface area contributed by atoms with Gasteiger partial charge in [0.1, 0.15) is 5.69 Å². The van der Waals surface area contributed by atoms with E-state index in [1.54, 1.807) is 0 Å². The third-order valence-corrected chi connectivity index (χ3v) is 4.17. The van der Waals surface area contributed by atoms with Crippen molar-refractivity contribution in [3.8, 4) is 6.07 Å². The second-order valence-electron chi connectivity index (χ2n) is 4.27. The molecule has 0 aliphatic carbocycles. The zero-order valence-electron chi connectivity index (χ0n) is 11.1. The Morgan fingerprint density at radius 2 is 1.82 bits per heavy atom. The van der Waals surface area contributed by atoms with Crippen LogP contribution in [0.5, 0.6) is 0 Å². The largest absolute Gasteiger partial charge is 0.393 e. The number of hydrogen-bond acceptors (Lipinski definition) is 6. The molecule has 0 radical (unpaired) electrons. The Labute approximate surface area is 126 Å². The van der Waals surface area contributed by atoms with E-state index in [0.29, 0.717) is 5.56 Å². The lowest BCUT2D eigenvalue weighted by Gasteiger charge is -2.08. The molecule has 0 unspecified atom stereocenters. The van der Waals surface area contributed by atoms with E-state index in [0.717, 1.165) is 6.07 Å². The third kappa shape index (κ3) is 3.13. The molecule has 0 aromatic heterocycles. The van der Waals surface area contributed by atoms with Crippen LogP contribution in [0.15, 0.2) is 47.4 Å². The van der Waals surface area contributed by atoms with Gasteiger partial charge in [-0.15, -0.1) is 0 Å². The zero-order valence-corrected chi connectivity index (χ0v) is 11.9. The maximum atomic E-state index is 12.2. The van der Waals surface area contributed by atoms with Crippen LogP contribution in [0.4, 0.5) is 17.1 Å². The van der Waals surface area contributed by atoms with Gasteiger partial charge < -0.3 is 5.73 Å². The highest BCUT2D eigenvalue weighted by Crippen LogP contribution is 2.26. The minimum absolute atomic E-state index is 0.0188. The first-order chi connectivity index (χ1) is 10.3. The van der Waals surface area contributed by atoms with Crippen LogP contribution in [0.3, 0.4) is 0 Å². The van der Waals surface area contributed by atoms with Gasteiger partial charge in [0.25, 0.3) is 15.7 Å². The molecule has 0 aliphatic rings. The summed E-state index contributed by atoms with van der Waals surface area (Å²) in [5.74, 6) is 0. The van der Waals surface area contributed by atoms with Crippen molar-refractivity contribution < 1.29 is 13.3 Å². The number of anilines is 2. The van der Waals surface area contributed by atoms with Crippen LogP contribution in [0, 0.1) is 21.4 Å². The molecule has 112 valence electrons. The topological polar surface area (TPSA) is 139 Å². The fraction of sp³-hybridized carbons (Fsp3) is 0. The molecule has 0 amide bonds. The number of nitriles is 1. The Morgan fingerprint density at radius 1 is 1.18 bits per heavy atom. The maximum absolute atomic E-state index is 12.2. The third-order valence-electron chi connectivity index (χ3n) is 2.77. The molecule has 0 saturated heterocycles. The number of nitrogens with one attached hydrogen (secondary N) is 1. The summed E-state index contributed by atoms with van der Waals surface area (Å²) in [5, 5.41) is 19.5. The van der Waals surface area contributed by atoms with Crippen molar-refractivity contribution in [2.45, 2.75) is 4.90 Å². The normalized spacial score (nSPS) is 10.7. The van der Waals surface area contributed by atoms with Crippen molar-refractivity contribution in [2.75, 3.05) is 10.5 Å². The van der Waals surface area contributed by atoms with Gasteiger partial charge in [0.15, 0.2) is 0 Å². The van der Waals surface area contributed by atoms with E-state index in [2.05, 4.69) is 4.72 Å². The molecule has 2 aromatic rings. The minimum atomic E-state index is -3.92. The Bertz CT molecular complexity index is 870. The first-order valence-electron chi connectivity index (χ1n) is 5.90. The predicted octanol–water partition coefficient (Wildman–Crippen LogP) is 1.85. The number of nitrogen functional groups attached to an aromatic ring is 1. The van der Waals surface area contributed by atoms with E-state index in [1.807, 2.05) is 6.07 Å². The zero-order chi connectivity index (χ0) is 16.3. The van der Waals surface area contributed by atoms with Gasteiger partial charge in [-0.25, -0.2) is 8.42 Å². The average Bonchev–Trinajstić information content (AvgIpc) is 2.48. The van der Waals surface area contributed by atoms with Gasteiger partial charge in [-0.2, -0.15) is 5.26 Å². The van der Waals surface area contributed by atoms with Crippen molar-refractivity contribution in [3.63, 3.8) is 0 Å². The van der Waals surface area contributed by atoms with E-state index < -0.39 is 14.9 Å². The van der Waals surface area contributed by atoms with E-state index in [1.165, 1.54) is 36.4 Å². The number of sulfonamides is 1. The number of rotatable bonds is 4. The van der Waals surface area contributed by atoms with Gasteiger partial charge in [0.05, 0.1) is 27.1 Å². The van der Waals surface area contributed by atoms with Gasteiger partial charge in [-0.1, -0.05) is 0 Å². The monoisotopic (exact) mass is 318 g/mol. The van der Waals surface area contributed by atoms with E-state index >= 15 is 0 Å². The molecule has 2 aromatic carbocycles. The number of hydrogen-bond donors (Lipinski definition) is 2. The summed E-state index contributed by atoms with van der Waals surface area (Å²) in [7, 11) is -3.92. The molecule has 22 heavy (non-hydrogen) atoms. The summed E-state index contributed by atoms with van der Waals surface area (Å²) in [4.78, 5) is 10.0. The summed E-state index contributed by atoms with van der Waals surface area (Å²) in [6.07, 6.45) is 0. The van der Waals surface area contributed by atoms with Crippen LogP contribution < -0.4 is 10.5 Å². The molecule has 0 fully saturated rings. The molecule has 0 saturated carbocycles. The number of nitro benzene ring substituents is 1. The van der Waals surface area contributed by atoms with Crippen molar-refractivity contribution in [3.05, 3.63) is 58.1 Å². The summed E-state index contributed by atoms with van der Waals surface area (Å²) in [5.41, 5.74) is 5.34. The Kier molecular flexibility index (Phi) is 3.96. The molecule has 2 rings (SSSR count). The molecule has 8 nitrogen and oxygen atoms in total. The van der Waals surface area contributed by atoms with Gasteiger partial charge >= 0.3 is 0 Å². The molecule has 3 N–H and O–H groups in total. The average molecular weight is 318 g/mol. The summed E-state index contributed by atoms with van der Waals surface area (Å²) in [6, 6.07) is 10.7. The lowest BCUT2D eigenvalue weighted by atomic mass is 10.2. The van der Waals surface area contributed by atoms with Crippen molar-refractivity contribution in [1.29, 1.82) is 5.26 Å². The molecule has 9 heteroatoms. The van der Waals surface area contributed by atoms with Crippen LogP contribution in [0.1, 0.15) is 5.56 Å². The fourth-order valence-electron chi connectivity index (χ4n) is 1.69. The lowest BCUT2D eigenvalue weighted by Crippen LogP contribution is -2.13. The van der Waals surface area contributed by atoms with E-state index in [9.17, 15) is 18.5 Å². The molecular weight excluding hydrogens is 308 g/mol. The van der Waals surface area contributed by atoms with E-state index in [-0.39, 0.29) is 22.0 Å². The quantitative estimate of drug-likeness (QED) is 0.501. The highest BCUT2D eigenvalue weighted by atomic mass is 32.2. The molecule has 0 spiro atoms. The Balaban J connectivity index is 2.34. The van der Waals surface area contributed by atoms with Crippen LogP contribution in [-0.4, -0.2) is 13.3 Å². The van der Waals surface area contributed by atoms with Crippen molar-refractivity contribution in [2.24, 2.45) is 0 Å². The standard InChI is InChI=1S/C13H10N4O4S/c14-8-9-1-4-11(5-2-9)22(20,21)16-10-3-6-12(15)13(7-10)17(18)19/h1-7,16H,15H2. The lowest BCUT2D eigenvalue weighted by molar-refractivity contribution is -0.383. The maximum Gasteiger partial charge on any atom is 0.294 e. The Morgan fingerprint density at radius 3 is 2.36 bits per heavy atom. The number of nitro groups is 1. The van der Waals surface area contributed by atoms with Gasteiger partial charge in [0, 0.05) is 6.07 Å². The van der Waals surface area contributed by atoms with Crippen LogP contribution in [0.25, 0.3) is 0 Å². The van der Waals surface area contributed by atoms with Gasteiger partial charge in [0.2, 0.25) is 0 Å². The first kappa shape index (κ1) is 15.3. The van der Waals surface area contributed by atoms with Crippen LogP contribution in [-0.2, 0) is 10.0 Å². The highest BCUT2D eigenvalue weighted by Gasteiger charge is 2.17. The molecule has 0 aliphatic heterocycles. The minimum Gasteiger partial charge on any atom is -0.393 e. The van der Waals surface area contributed by atoms with Crippen molar-refractivity contribution >= 4 is 27.1 Å². The van der Waals surface area contributed by atoms with Crippen molar-refractivity contribution in [1.82, 2.24) is 0 Å². The summed E-state index contributed by atoms with van der Waals surface area (Å²) in [6.45, 7) is 0. The van der Waals surface area contributed by atoms with Gasteiger partial charge in [-0.05, 0) is 36.4 Å². The van der Waals surface area contributed by atoms with Crippen LogP contribution in [0.2, 0.25) is 0 Å². The fourth-order valence-corrected chi connectivity index (χ4v) is 2.74. The molecular formula is C13H10N4O4S. The smallest absolute Gasteiger partial charge is 0.294 e. The molecule has 0 bridgehead atoms. The van der Waals surface area contributed by atoms with E-state index in [4.69, 9.17) is 11.0 Å². The predicted molar refractivity (Wildman–Crippen MR) is 79.5 cm³/mol. The Hall–Kier alpha value is -3.12. The second-order valence-corrected chi connectivity index (χ2v) is 5.95. The summed E-state index contributed by atoms with van der Waals surface area (Å²) >= 11 is 0.